The van der Waals surface area contributed by atoms with Crippen molar-refractivity contribution in [2.75, 3.05) is 6.54 Å². The lowest BCUT2D eigenvalue weighted by atomic mass is 9.76. The number of hydrogen-bond donors (Lipinski definition) is 3. The smallest absolute Gasteiger partial charge is 0.255 e. The molecule has 7 heteroatoms. The molecule has 1 heterocycles. The van der Waals surface area contributed by atoms with E-state index in [0.29, 0.717) is 42.0 Å². The zero-order chi connectivity index (χ0) is 25.9. The van der Waals surface area contributed by atoms with Crippen LogP contribution in [0.5, 0.6) is 5.75 Å². The Bertz CT molecular complexity index is 1260. The lowest BCUT2D eigenvalue weighted by Crippen LogP contribution is -2.55. The summed E-state index contributed by atoms with van der Waals surface area (Å²) in [7, 11) is 0. The molecule has 1 aliphatic carbocycles. The van der Waals surface area contributed by atoms with Gasteiger partial charge in [0.1, 0.15) is 5.75 Å². The van der Waals surface area contributed by atoms with E-state index in [1.165, 1.54) is 0 Å². The minimum atomic E-state index is -0.649. The van der Waals surface area contributed by atoms with E-state index in [0.717, 1.165) is 24.0 Å². The second kappa shape index (κ2) is 11.0. The first-order valence-electron chi connectivity index (χ1n) is 12.8. The van der Waals surface area contributed by atoms with Gasteiger partial charge in [0.25, 0.3) is 5.91 Å². The molecular weight excluding hydrogens is 488 g/mol. The van der Waals surface area contributed by atoms with Crippen molar-refractivity contribution < 1.29 is 19.8 Å². The predicted octanol–water partition coefficient (Wildman–Crippen LogP) is 4.99. The number of benzene rings is 3. The average Bonchev–Trinajstić information content (AvgIpc) is 2.91. The van der Waals surface area contributed by atoms with E-state index >= 15 is 0 Å². The SMILES string of the molecule is O=C(NCCc1ccc(O)cc1)[C@@H]1c2ccccc2C(=O)N([C@H]2CCCC[C@@H]2O)[C@H]1c1ccc(Cl)cc1. The van der Waals surface area contributed by atoms with E-state index in [9.17, 15) is 19.8 Å². The summed E-state index contributed by atoms with van der Waals surface area (Å²) in [5, 5.41) is 24.2. The zero-order valence-electron chi connectivity index (χ0n) is 20.5. The first-order chi connectivity index (χ1) is 17.9. The third kappa shape index (κ3) is 5.22. The number of nitrogens with one attached hydrogen (secondary N) is 1. The van der Waals surface area contributed by atoms with Crippen LogP contribution in [0.1, 0.15) is 64.7 Å². The Labute approximate surface area is 221 Å². The average molecular weight is 519 g/mol. The topological polar surface area (TPSA) is 89.9 Å². The molecule has 3 aromatic rings. The molecule has 3 aromatic carbocycles. The Hall–Kier alpha value is -3.35. The molecule has 37 heavy (non-hydrogen) atoms. The maximum Gasteiger partial charge on any atom is 0.255 e. The summed E-state index contributed by atoms with van der Waals surface area (Å²) < 4.78 is 0. The summed E-state index contributed by atoms with van der Waals surface area (Å²) >= 11 is 6.19. The zero-order valence-corrected chi connectivity index (χ0v) is 21.3. The van der Waals surface area contributed by atoms with Crippen LogP contribution in [0.15, 0.2) is 72.8 Å². The van der Waals surface area contributed by atoms with Crippen molar-refractivity contribution in [2.45, 2.75) is 56.2 Å². The van der Waals surface area contributed by atoms with Crippen LogP contribution < -0.4 is 5.32 Å². The molecular formula is C30H31ClN2O4. The van der Waals surface area contributed by atoms with Gasteiger partial charge in [-0.3, -0.25) is 9.59 Å². The van der Waals surface area contributed by atoms with Gasteiger partial charge >= 0.3 is 0 Å². The van der Waals surface area contributed by atoms with Crippen molar-refractivity contribution in [1.82, 2.24) is 10.2 Å². The van der Waals surface area contributed by atoms with Crippen molar-refractivity contribution in [1.29, 1.82) is 0 Å². The number of aromatic hydroxyl groups is 1. The molecule has 3 N–H and O–H groups in total. The van der Waals surface area contributed by atoms with Crippen molar-refractivity contribution in [3.63, 3.8) is 0 Å². The van der Waals surface area contributed by atoms with Crippen molar-refractivity contribution in [3.05, 3.63) is 100 Å². The molecule has 4 atom stereocenters. The van der Waals surface area contributed by atoms with Gasteiger partial charge in [0.15, 0.2) is 0 Å². The number of fused-ring (bicyclic) bond motifs is 1. The highest BCUT2D eigenvalue weighted by Gasteiger charge is 2.48. The summed E-state index contributed by atoms with van der Waals surface area (Å²) in [6, 6.07) is 20.6. The number of aliphatic hydroxyl groups is 1. The fourth-order valence-electron chi connectivity index (χ4n) is 5.73. The molecule has 0 aromatic heterocycles. The molecule has 2 amide bonds. The van der Waals surface area contributed by atoms with Crippen molar-refractivity contribution in [2.24, 2.45) is 0 Å². The first-order valence-corrected chi connectivity index (χ1v) is 13.2. The molecule has 1 aliphatic heterocycles. The molecule has 0 saturated heterocycles. The third-order valence-electron chi connectivity index (χ3n) is 7.57. The minimum absolute atomic E-state index is 0.158. The summed E-state index contributed by atoms with van der Waals surface area (Å²) in [6.45, 7) is 0.412. The maximum absolute atomic E-state index is 13.9. The van der Waals surface area contributed by atoms with E-state index < -0.39 is 18.1 Å². The quantitative estimate of drug-likeness (QED) is 0.429. The molecule has 2 aliphatic rings. The normalized spacial score (nSPS) is 23.4. The number of amides is 2. The largest absolute Gasteiger partial charge is 0.508 e. The van der Waals surface area contributed by atoms with E-state index in [-0.39, 0.29) is 23.6 Å². The molecule has 1 saturated carbocycles. The maximum atomic E-state index is 13.9. The van der Waals surface area contributed by atoms with Gasteiger partial charge in [-0.05, 0) is 66.3 Å². The molecule has 0 unspecified atom stereocenters. The molecule has 192 valence electrons. The first kappa shape index (κ1) is 25.3. The van der Waals surface area contributed by atoms with Gasteiger partial charge < -0.3 is 20.4 Å². The number of carbonyl (C=O) groups is 2. The van der Waals surface area contributed by atoms with Gasteiger partial charge in [0.05, 0.1) is 24.1 Å². The van der Waals surface area contributed by atoms with E-state index in [2.05, 4.69) is 5.32 Å². The van der Waals surface area contributed by atoms with Gasteiger partial charge in [-0.15, -0.1) is 0 Å². The van der Waals surface area contributed by atoms with E-state index in [1.54, 1.807) is 35.2 Å². The van der Waals surface area contributed by atoms with Crippen LogP contribution in [-0.4, -0.2) is 45.6 Å². The second-order valence-corrected chi connectivity index (χ2v) is 10.3. The van der Waals surface area contributed by atoms with Gasteiger partial charge in [-0.2, -0.15) is 0 Å². The number of nitrogens with zero attached hydrogens (tertiary/aromatic N) is 1. The Morgan fingerprint density at radius 1 is 0.973 bits per heavy atom. The van der Waals surface area contributed by atoms with Crippen LogP contribution in [0.25, 0.3) is 0 Å². The second-order valence-electron chi connectivity index (χ2n) is 9.90. The van der Waals surface area contributed by atoms with Crippen LogP contribution in [0.2, 0.25) is 5.02 Å². The minimum Gasteiger partial charge on any atom is -0.508 e. The number of aliphatic hydroxyl groups excluding tert-OH is 1. The van der Waals surface area contributed by atoms with Gasteiger partial charge in [0, 0.05) is 17.1 Å². The number of phenols is 1. The van der Waals surface area contributed by atoms with E-state index in [1.807, 2.05) is 42.5 Å². The van der Waals surface area contributed by atoms with Gasteiger partial charge in [-0.1, -0.05) is 66.9 Å². The van der Waals surface area contributed by atoms with Crippen LogP contribution in [0.4, 0.5) is 0 Å². The van der Waals surface area contributed by atoms with Crippen LogP contribution in [0.3, 0.4) is 0 Å². The fraction of sp³-hybridized carbons (Fsp3) is 0.333. The highest BCUT2D eigenvalue weighted by Crippen LogP contribution is 2.46. The Morgan fingerprint density at radius 3 is 2.41 bits per heavy atom. The summed E-state index contributed by atoms with van der Waals surface area (Å²) in [4.78, 5) is 29.6. The number of halogens is 1. The Balaban J connectivity index is 1.52. The molecule has 1 fully saturated rings. The molecule has 0 spiro atoms. The van der Waals surface area contributed by atoms with Crippen molar-refractivity contribution in [3.8, 4) is 5.75 Å². The fourth-order valence-corrected chi connectivity index (χ4v) is 5.86. The Morgan fingerprint density at radius 2 is 1.68 bits per heavy atom. The monoisotopic (exact) mass is 518 g/mol. The summed E-state index contributed by atoms with van der Waals surface area (Å²) in [6.07, 6.45) is 3.13. The third-order valence-corrected chi connectivity index (χ3v) is 7.82. The van der Waals surface area contributed by atoms with Crippen LogP contribution >= 0.6 is 11.6 Å². The number of phenolic OH excluding ortho intramolecular Hbond substituents is 1. The van der Waals surface area contributed by atoms with Gasteiger partial charge in [-0.25, -0.2) is 0 Å². The highest BCUT2D eigenvalue weighted by molar-refractivity contribution is 6.30. The van der Waals surface area contributed by atoms with Crippen LogP contribution in [0, 0.1) is 0 Å². The summed E-state index contributed by atoms with van der Waals surface area (Å²) in [5.74, 6) is -0.778. The Kier molecular flexibility index (Phi) is 7.49. The lowest BCUT2D eigenvalue weighted by Gasteiger charge is -2.48. The molecule has 6 nitrogen and oxygen atoms in total. The molecule has 5 rings (SSSR count). The number of hydrogen-bond acceptors (Lipinski definition) is 4. The predicted molar refractivity (Wildman–Crippen MR) is 143 cm³/mol. The standard InChI is InChI=1S/C30H31ClN2O4/c31-21-13-11-20(12-14-21)28-27(29(36)32-18-17-19-9-15-22(34)16-10-19)23-5-1-2-6-24(23)30(37)33(28)25-7-3-4-8-26(25)35/h1-2,5-6,9-16,25-28,34-35H,3-4,7-8,17-18H2,(H,32,36)/t25-,26-,27+,28-/m0/s1. The number of rotatable bonds is 6. The molecule has 0 radical (unpaired) electrons. The van der Waals surface area contributed by atoms with E-state index in [4.69, 9.17) is 11.6 Å². The molecule has 0 bridgehead atoms. The van der Waals surface area contributed by atoms with Crippen LogP contribution in [-0.2, 0) is 11.2 Å². The summed E-state index contributed by atoms with van der Waals surface area (Å²) in [5.41, 5.74) is 3.00. The number of carbonyl (C=O) groups excluding carboxylic acids is 2. The lowest BCUT2D eigenvalue weighted by molar-refractivity contribution is -0.125. The highest BCUT2D eigenvalue weighted by atomic mass is 35.5. The van der Waals surface area contributed by atoms with Gasteiger partial charge in [0.2, 0.25) is 5.91 Å². The van der Waals surface area contributed by atoms with Crippen molar-refractivity contribution >= 4 is 23.4 Å².